The van der Waals surface area contributed by atoms with Crippen molar-refractivity contribution in [2.24, 2.45) is 5.10 Å². The topological polar surface area (TPSA) is 73.6 Å². The smallest absolute Gasteiger partial charge is 0.271 e. The molecule has 2 heterocycles. The first-order valence-corrected chi connectivity index (χ1v) is 9.91. The molecule has 2 aromatic rings. The zero-order valence-corrected chi connectivity index (χ0v) is 16.8. The fraction of sp³-hybridized carbons (Fsp3) is 0.300. The quantitative estimate of drug-likeness (QED) is 0.537. The highest BCUT2D eigenvalue weighted by atomic mass is 79.9. The lowest BCUT2D eigenvalue weighted by atomic mass is 10.1. The third-order valence-corrected chi connectivity index (χ3v) is 5.42. The van der Waals surface area contributed by atoms with Crippen molar-refractivity contribution in [3.63, 3.8) is 0 Å². The van der Waals surface area contributed by atoms with E-state index in [0.717, 1.165) is 42.9 Å². The molecule has 2 N–H and O–H groups in total. The molecule has 0 bridgehead atoms. The Kier molecular flexibility index (Phi) is 5.90. The van der Waals surface area contributed by atoms with Crippen molar-refractivity contribution in [2.45, 2.75) is 6.54 Å². The van der Waals surface area contributed by atoms with E-state index in [1.165, 1.54) is 10.5 Å². The number of halogens is 1. The summed E-state index contributed by atoms with van der Waals surface area (Å²) in [5, 5.41) is 4.05. The highest BCUT2D eigenvalue weighted by Gasteiger charge is 2.16. The molecule has 146 valence electrons. The molecule has 4 rings (SSSR count). The van der Waals surface area contributed by atoms with Gasteiger partial charge in [0.1, 0.15) is 19.6 Å². The van der Waals surface area contributed by atoms with E-state index in [1.54, 1.807) is 6.21 Å². The second kappa shape index (κ2) is 8.72. The lowest BCUT2D eigenvalue weighted by molar-refractivity contribution is -0.921. The highest BCUT2D eigenvalue weighted by Crippen LogP contribution is 2.36. The van der Waals surface area contributed by atoms with E-state index in [-0.39, 0.29) is 12.7 Å². The van der Waals surface area contributed by atoms with Crippen molar-refractivity contribution < 1.29 is 23.9 Å². The number of ether oxygens (including phenoxy) is 3. The number of carbonyl (C=O) groups is 1. The molecule has 7 nitrogen and oxygen atoms in total. The lowest BCUT2D eigenvalue weighted by Gasteiger charge is -2.23. The number of quaternary nitrogens is 1. The SMILES string of the molecule is O=C(N/N=C\c1cc2c(cc1Br)OCO2)c1ccc(C[NH+]2CCOCC2)cc1. The van der Waals surface area contributed by atoms with Crippen LogP contribution in [0.3, 0.4) is 0 Å². The Morgan fingerprint density at radius 2 is 1.86 bits per heavy atom. The van der Waals surface area contributed by atoms with Crippen LogP contribution in [0.2, 0.25) is 0 Å². The number of benzene rings is 2. The maximum Gasteiger partial charge on any atom is 0.271 e. The van der Waals surface area contributed by atoms with Crippen LogP contribution in [-0.2, 0) is 11.3 Å². The largest absolute Gasteiger partial charge is 0.454 e. The van der Waals surface area contributed by atoms with Crippen LogP contribution in [-0.4, -0.2) is 45.2 Å². The number of hydrogen-bond acceptors (Lipinski definition) is 5. The second-order valence-corrected chi connectivity index (χ2v) is 7.52. The Balaban J connectivity index is 1.34. The maximum atomic E-state index is 12.3. The van der Waals surface area contributed by atoms with Gasteiger partial charge in [-0.15, -0.1) is 0 Å². The molecule has 0 radical (unpaired) electrons. The first kappa shape index (κ1) is 18.9. The molecule has 0 aliphatic carbocycles. The van der Waals surface area contributed by atoms with E-state index in [2.05, 4.69) is 26.5 Å². The normalized spacial score (nSPS) is 16.5. The summed E-state index contributed by atoms with van der Waals surface area (Å²) in [4.78, 5) is 13.8. The third-order valence-electron chi connectivity index (χ3n) is 4.73. The molecular formula is C20H21BrN3O4+. The average Bonchev–Trinajstić information content (AvgIpc) is 3.16. The third kappa shape index (κ3) is 4.52. The monoisotopic (exact) mass is 446 g/mol. The summed E-state index contributed by atoms with van der Waals surface area (Å²) in [6.07, 6.45) is 1.57. The van der Waals surface area contributed by atoms with Gasteiger partial charge in [0.05, 0.1) is 19.4 Å². The molecule has 2 aliphatic heterocycles. The van der Waals surface area contributed by atoms with Gasteiger partial charge in [-0.05, 0) is 40.2 Å². The summed E-state index contributed by atoms with van der Waals surface area (Å²) >= 11 is 3.46. The van der Waals surface area contributed by atoms with Gasteiger partial charge in [0.2, 0.25) is 6.79 Å². The minimum atomic E-state index is -0.251. The van der Waals surface area contributed by atoms with Gasteiger partial charge in [-0.2, -0.15) is 5.10 Å². The van der Waals surface area contributed by atoms with Gasteiger partial charge in [-0.1, -0.05) is 12.1 Å². The molecule has 1 amide bonds. The lowest BCUT2D eigenvalue weighted by Crippen LogP contribution is -3.12. The predicted molar refractivity (Wildman–Crippen MR) is 107 cm³/mol. The molecular weight excluding hydrogens is 426 g/mol. The fourth-order valence-electron chi connectivity index (χ4n) is 3.16. The van der Waals surface area contributed by atoms with E-state index < -0.39 is 0 Å². The zero-order valence-electron chi connectivity index (χ0n) is 15.2. The van der Waals surface area contributed by atoms with Gasteiger partial charge in [0, 0.05) is 21.2 Å². The van der Waals surface area contributed by atoms with Gasteiger partial charge in [-0.25, -0.2) is 5.43 Å². The number of amides is 1. The summed E-state index contributed by atoms with van der Waals surface area (Å²) in [6, 6.07) is 11.3. The molecule has 2 aliphatic rings. The van der Waals surface area contributed by atoms with Crippen LogP contribution in [0.1, 0.15) is 21.5 Å². The number of rotatable bonds is 5. The first-order chi connectivity index (χ1) is 13.7. The number of morpholine rings is 1. The van der Waals surface area contributed by atoms with E-state index >= 15 is 0 Å². The summed E-state index contributed by atoms with van der Waals surface area (Å²) < 4.78 is 16.9. The maximum absolute atomic E-state index is 12.3. The van der Waals surface area contributed by atoms with Crippen LogP contribution in [0.15, 0.2) is 46.0 Å². The first-order valence-electron chi connectivity index (χ1n) is 9.12. The van der Waals surface area contributed by atoms with Crippen LogP contribution >= 0.6 is 15.9 Å². The van der Waals surface area contributed by atoms with Crippen molar-refractivity contribution in [3.05, 3.63) is 57.6 Å². The predicted octanol–water partition coefficient (Wildman–Crippen LogP) is 1.36. The minimum Gasteiger partial charge on any atom is -0.454 e. The summed E-state index contributed by atoms with van der Waals surface area (Å²) in [7, 11) is 0. The van der Waals surface area contributed by atoms with Gasteiger partial charge in [0.25, 0.3) is 5.91 Å². The van der Waals surface area contributed by atoms with Gasteiger partial charge >= 0.3 is 0 Å². The highest BCUT2D eigenvalue weighted by molar-refractivity contribution is 9.10. The van der Waals surface area contributed by atoms with E-state index in [1.807, 2.05) is 36.4 Å². The van der Waals surface area contributed by atoms with E-state index in [4.69, 9.17) is 14.2 Å². The Hall–Kier alpha value is -2.42. The molecule has 0 saturated carbocycles. The number of fused-ring (bicyclic) bond motifs is 1. The van der Waals surface area contributed by atoms with Crippen molar-refractivity contribution in [2.75, 3.05) is 33.1 Å². The molecule has 8 heteroatoms. The van der Waals surface area contributed by atoms with Gasteiger partial charge < -0.3 is 19.1 Å². The van der Waals surface area contributed by atoms with Crippen molar-refractivity contribution in [3.8, 4) is 11.5 Å². The van der Waals surface area contributed by atoms with Crippen LogP contribution < -0.4 is 19.8 Å². The molecule has 28 heavy (non-hydrogen) atoms. The Morgan fingerprint density at radius 1 is 1.14 bits per heavy atom. The van der Waals surface area contributed by atoms with Gasteiger partial charge in [-0.3, -0.25) is 4.79 Å². The number of hydrogen-bond donors (Lipinski definition) is 2. The summed E-state index contributed by atoms with van der Waals surface area (Å²) in [6.45, 7) is 4.82. The molecule has 2 aromatic carbocycles. The van der Waals surface area contributed by atoms with Gasteiger partial charge in [0.15, 0.2) is 11.5 Å². The van der Waals surface area contributed by atoms with Crippen LogP contribution in [0, 0.1) is 0 Å². The van der Waals surface area contributed by atoms with Crippen LogP contribution in [0.4, 0.5) is 0 Å². The van der Waals surface area contributed by atoms with Crippen LogP contribution in [0.5, 0.6) is 11.5 Å². The Morgan fingerprint density at radius 3 is 2.61 bits per heavy atom. The van der Waals surface area contributed by atoms with Crippen LogP contribution in [0.25, 0.3) is 0 Å². The Bertz CT molecular complexity index is 880. The van der Waals surface area contributed by atoms with E-state index in [0.29, 0.717) is 17.1 Å². The molecule has 0 unspecified atom stereocenters. The molecule has 1 saturated heterocycles. The van der Waals surface area contributed by atoms with Crippen molar-refractivity contribution >= 4 is 28.1 Å². The minimum absolute atomic E-state index is 0.210. The second-order valence-electron chi connectivity index (χ2n) is 6.66. The standard InChI is InChI=1S/C20H20BrN3O4/c21-17-10-19-18(27-13-28-19)9-16(17)11-22-23-20(25)15-3-1-14(2-4-15)12-24-5-7-26-8-6-24/h1-4,9-11H,5-8,12-13H2,(H,23,25)/p+1/b22-11-. The van der Waals surface area contributed by atoms with E-state index in [9.17, 15) is 4.79 Å². The number of carbonyl (C=O) groups excluding carboxylic acids is 1. The molecule has 1 fully saturated rings. The molecule has 0 spiro atoms. The molecule has 0 aromatic heterocycles. The number of hydrazone groups is 1. The zero-order chi connectivity index (χ0) is 19.3. The fourth-order valence-corrected chi connectivity index (χ4v) is 3.58. The number of nitrogens with one attached hydrogen (secondary N) is 2. The molecule has 0 atom stereocenters. The number of nitrogens with zero attached hydrogens (tertiary/aromatic N) is 1. The summed E-state index contributed by atoms with van der Waals surface area (Å²) in [5.41, 5.74) is 5.13. The van der Waals surface area contributed by atoms with Crippen molar-refractivity contribution in [1.29, 1.82) is 0 Å². The Labute approximate surface area is 171 Å². The van der Waals surface area contributed by atoms with Crippen molar-refractivity contribution in [1.82, 2.24) is 5.43 Å². The average molecular weight is 447 g/mol. The summed E-state index contributed by atoms with van der Waals surface area (Å²) in [5.74, 6) is 1.10.